The monoisotopic (exact) mass is 294 g/mol. The molecular weight excluding hydrogens is 272 g/mol. The van der Waals surface area contributed by atoms with Crippen LogP contribution < -0.4 is 5.73 Å². The van der Waals surface area contributed by atoms with Gasteiger partial charge in [-0.25, -0.2) is 0 Å². The predicted molar refractivity (Wildman–Crippen MR) is 83.8 cm³/mol. The maximum atomic E-state index is 6.16. The zero-order chi connectivity index (χ0) is 14.5. The third-order valence-corrected chi connectivity index (χ3v) is 4.31. The minimum absolute atomic E-state index is 0.758. The summed E-state index contributed by atoms with van der Waals surface area (Å²) in [6, 6.07) is 0. The van der Waals surface area contributed by atoms with Crippen LogP contribution in [0.25, 0.3) is 5.70 Å². The van der Waals surface area contributed by atoms with Crippen molar-refractivity contribution in [2.24, 2.45) is 12.8 Å². The van der Waals surface area contributed by atoms with Crippen molar-refractivity contribution in [3.8, 4) is 0 Å². The molecule has 1 aromatic rings. The van der Waals surface area contributed by atoms with Crippen LogP contribution in [0.15, 0.2) is 22.7 Å². The van der Waals surface area contributed by atoms with Crippen LogP contribution in [0.3, 0.4) is 0 Å². The van der Waals surface area contributed by atoms with E-state index in [9.17, 15) is 0 Å². The number of aromatic nitrogens is 2. The van der Waals surface area contributed by atoms with Gasteiger partial charge < -0.3 is 15.4 Å². The lowest BCUT2D eigenvalue weighted by atomic mass is 10.2. The van der Waals surface area contributed by atoms with Crippen molar-refractivity contribution < 1.29 is 4.74 Å². The van der Waals surface area contributed by atoms with Gasteiger partial charge in [0.05, 0.1) is 23.9 Å². The number of allylic oxidation sites excluding steroid dienone is 1. The summed E-state index contributed by atoms with van der Waals surface area (Å²) in [6.07, 6.45) is 4.07. The fourth-order valence-electron chi connectivity index (χ4n) is 2.18. The smallest absolute Gasteiger partial charge is 0.0708 e. The first-order valence-corrected chi connectivity index (χ1v) is 7.61. The van der Waals surface area contributed by atoms with Gasteiger partial charge in [0, 0.05) is 43.0 Å². The van der Waals surface area contributed by atoms with Gasteiger partial charge in [0.25, 0.3) is 0 Å². The maximum absolute atomic E-state index is 6.16. The van der Waals surface area contributed by atoms with Crippen molar-refractivity contribution in [3.05, 3.63) is 34.0 Å². The highest BCUT2D eigenvalue weighted by atomic mass is 32.2. The van der Waals surface area contributed by atoms with Gasteiger partial charge in [-0.1, -0.05) is 17.8 Å². The fourth-order valence-corrected chi connectivity index (χ4v) is 3.02. The summed E-state index contributed by atoms with van der Waals surface area (Å²) in [6.45, 7) is 7.48. The molecule has 1 aromatic heterocycles. The molecule has 0 atom stereocenters. The molecule has 20 heavy (non-hydrogen) atoms. The lowest BCUT2D eigenvalue weighted by Gasteiger charge is -2.30. The molecule has 0 amide bonds. The summed E-state index contributed by atoms with van der Waals surface area (Å²) in [5.41, 5.74) is 8.87. The zero-order valence-electron chi connectivity index (χ0n) is 12.3. The largest absolute Gasteiger partial charge is 0.398 e. The number of nitrogens with two attached hydrogens (primary N) is 1. The molecule has 0 radical (unpaired) electrons. The van der Waals surface area contributed by atoms with E-state index in [0.29, 0.717) is 0 Å². The van der Waals surface area contributed by atoms with Crippen molar-refractivity contribution in [1.29, 1.82) is 0 Å². The molecule has 1 aliphatic heterocycles. The Balaban J connectivity index is 2.04. The Kier molecular flexibility index (Phi) is 5.14. The van der Waals surface area contributed by atoms with Crippen molar-refractivity contribution in [2.75, 3.05) is 26.3 Å². The number of morpholine rings is 1. The number of ether oxygens (including phenoxy) is 1. The second-order valence-electron chi connectivity index (χ2n) is 4.72. The molecule has 6 heteroatoms. The van der Waals surface area contributed by atoms with E-state index in [1.807, 2.05) is 25.6 Å². The van der Waals surface area contributed by atoms with Gasteiger partial charge in [-0.15, -0.1) is 0 Å². The summed E-state index contributed by atoms with van der Waals surface area (Å²) < 4.78 is 7.16. The van der Waals surface area contributed by atoms with Crippen LogP contribution in [0.5, 0.6) is 0 Å². The standard InChI is InChI=1S/C14H22N4OS/c1-4-14(18-5-7-19-8-6-18)20-10-13(15)12-9-17(3)16-11(12)2/h4,9-10H,5-8,15H2,1-3H3/b13-10-,14-4-. The third kappa shape index (κ3) is 3.58. The number of thioether (sulfide) groups is 1. The van der Waals surface area contributed by atoms with Gasteiger partial charge in [-0.2, -0.15) is 5.10 Å². The molecule has 0 bridgehead atoms. The fraction of sp³-hybridized carbons (Fsp3) is 0.500. The maximum Gasteiger partial charge on any atom is 0.0708 e. The summed E-state index contributed by atoms with van der Waals surface area (Å²) >= 11 is 1.66. The summed E-state index contributed by atoms with van der Waals surface area (Å²) in [5.74, 6) is 0. The molecule has 1 fully saturated rings. The average molecular weight is 294 g/mol. The van der Waals surface area contributed by atoms with Crippen LogP contribution in [0, 0.1) is 6.92 Å². The first kappa shape index (κ1) is 15.0. The summed E-state index contributed by atoms with van der Waals surface area (Å²) in [7, 11) is 1.90. The van der Waals surface area contributed by atoms with E-state index >= 15 is 0 Å². The molecule has 0 saturated carbocycles. The number of hydrogen-bond donors (Lipinski definition) is 1. The Morgan fingerprint density at radius 1 is 1.45 bits per heavy atom. The Morgan fingerprint density at radius 3 is 2.70 bits per heavy atom. The zero-order valence-corrected chi connectivity index (χ0v) is 13.1. The molecule has 2 heterocycles. The first-order chi connectivity index (χ1) is 9.61. The van der Waals surface area contributed by atoms with Crippen LogP contribution in [-0.4, -0.2) is 41.0 Å². The Morgan fingerprint density at radius 2 is 2.15 bits per heavy atom. The second-order valence-corrected chi connectivity index (χ2v) is 5.61. The third-order valence-electron chi connectivity index (χ3n) is 3.20. The summed E-state index contributed by atoms with van der Waals surface area (Å²) in [4.78, 5) is 2.33. The van der Waals surface area contributed by atoms with Gasteiger partial charge in [-0.3, -0.25) is 4.68 Å². The lowest BCUT2D eigenvalue weighted by molar-refractivity contribution is 0.0576. The molecule has 2 N–H and O–H groups in total. The number of rotatable bonds is 4. The van der Waals surface area contributed by atoms with Crippen molar-refractivity contribution in [2.45, 2.75) is 13.8 Å². The van der Waals surface area contributed by atoms with E-state index < -0.39 is 0 Å². The van der Waals surface area contributed by atoms with E-state index in [0.717, 1.165) is 43.3 Å². The molecule has 1 aliphatic rings. The minimum atomic E-state index is 0.758. The minimum Gasteiger partial charge on any atom is -0.398 e. The number of hydrogen-bond acceptors (Lipinski definition) is 5. The SMILES string of the molecule is C/C=C(\S/C=C(\N)c1cn(C)nc1C)N1CCOCC1. The van der Waals surface area contributed by atoms with Crippen molar-refractivity contribution >= 4 is 17.5 Å². The highest BCUT2D eigenvalue weighted by molar-refractivity contribution is 8.05. The summed E-state index contributed by atoms with van der Waals surface area (Å²) in [5, 5.41) is 7.53. The van der Waals surface area contributed by atoms with E-state index in [-0.39, 0.29) is 0 Å². The van der Waals surface area contributed by atoms with Gasteiger partial charge in [-0.05, 0) is 13.8 Å². The number of nitrogens with zero attached hydrogens (tertiary/aromatic N) is 3. The van der Waals surface area contributed by atoms with Crippen molar-refractivity contribution in [1.82, 2.24) is 14.7 Å². The van der Waals surface area contributed by atoms with Crippen molar-refractivity contribution in [3.63, 3.8) is 0 Å². The van der Waals surface area contributed by atoms with Crippen LogP contribution in [-0.2, 0) is 11.8 Å². The van der Waals surface area contributed by atoms with Gasteiger partial charge in [0.1, 0.15) is 0 Å². The Labute approximate surface area is 124 Å². The lowest BCUT2D eigenvalue weighted by Crippen LogP contribution is -2.34. The van der Waals surface area contributed by atoms with Crippen LogP contribution in [0.2, 0.25) is 0 Å². The first-order valence-electron chi connectivity index (χ1n) is 6.73. The highest BCUT2D eigenvalue weighted by Gasteiger charge is 2.13. The van der Waals surface area contributed by atoms with E-state index in [2.05, 4.69) is 23.0 Å². The van der Waals surface area contributed by atoms with Crippen LogP contribution >= 0.6 is 11.8 Å². The van der Waals surface area contributed by atoms with E-state index in [4.69, 9.17) is 10.5 Å². The van der Waals surface area contributed by atoms with Gasteiger partial charge in [0.2, 0.25) is 0 Å². The molecule has 110 valence electrons. The quantitative estimate of drug-likeness (QED) is 0.919. The highest BCUT2D eigenvalue weighted by Crippen LogP contribution is 2.25. The molecule has 2 rings (SSSR count). The second kappa shape index (κ2) is 6.85. The van der Waals surface area contributed by atoms with Crippen LogP contribution in [0.4, 0.5) is 0 Å². The molecule has 0 aromatic carbocycles. The molecule has 5 nitrogen and oxygen atoms in total. The molecule has 0 spiro atoms. The molecule has 0 unspecified atom stereocenters. The molecular formula is C14H22N4OS. The van der Waals surface area contributed by atoms with Gasteiger partial charge in [0.15, 0.2) is 0 Å². The Hall–Kier alpha value is -1.40. The van der Waals surface area contributed by atoms with Crippen LogP contribution in [0.1, 0.15) is 18.2 Å². The average Bonchev–Trinajstić information content (AvgIpc) is 2.79. The Bertz CT molecular complexity index is 515. The normalized spacial score (nSPS) is 17.6. The van der Waals surface area contributed by atoms with Gasteiger partial charge >= 0.3 is 0 Å². The predicted octanol–water partition coefficient (Wildman–Crippen LogP) is 1.91. The van der Waals surface area contributed by atoms with E-state index in [1.165, 1.54) is 5.03 Å². The topological polar surface area (TPSA) is 56.3 Å². The number of aryl methyl sites for hydroxylation is 2. The molecule has 0 aliphatic carbocycles. The molecule has 1 saturated heterocycles. The van der Waals surface area contributed by atoms with E-state index in [1.54, 1.807) is 16.4 Å².